The predicted octanol–water partition coefficient (Wildman–Crippen LogP) is 1.98. The van der Waals surface area contributed by atoms with Crippen LogP contribution in [0.3, 0.4) is 0 Å². The van der Waals surface area contributed by atoms with Gasteiger partial charge in [0.2, 0.25) is 5.91 Å². The third-order valence-electron chi connectivity index (χ3n) is 3.60. The number of fused-ring (bicyclic) bond motifs is 1. The van der Waals surface area contributed by atoms with Crippen molar-refractivity contribution in [2.45, 2.75) is 23.0 Å². The molecule has 2 aromatic rings. The first-order valence-electron chi connectivity index (χ1n) is 7.41. The number of aryl methyl sites for hydroxylation is 1. The van der Waals surface area contributed by atoms with E-state index in [-0.39, 0.29) is 23.0 Å². The maximum absolute atomic E-state index is 12.8. The number of benzene rings is 1. The number of aromatic nitrogens is 2. The summed E-state index contributed by atoms with van der Waals surface area (Å²) in [5, 5.41) is 3.33. The molecule has 24 heavy (non-hydrogen) atoms. The SMILES string of the molecule is Cn1c(SCC(=O)NCc2ccc(F)cc2)nc2c(c1=O)SCC2. The maximum Gasteiger partial charge on any atom is 0.267 e. The van der Waals surface area contributed by atoms with E-state index in [0.29, 0.717) is 11.7 Å². The van der Waals surface area contributed by atoms with Gasteiger partial charge in [-0.25, -0.2) is 9.37 Å². The van der Waals surface area contributed by atoms with Crippen LogP contribution in [0.4, 0.5) is 4.39 Å². The summed E-state index contributed by atoms with van der Waals surface area (Å²) in [6.07, 6.45) is 0.792. The zero-order chi connectivity index (χ0) is 17.1. The molecule has 126 valence electrons. The van der Waals surface area contributed by atoms with E-state index in [4.69, 9.17) is 0 Å². The highest BCUT2D eigenvalue weighted by molar-refractivity contribution is 8.00. The quantitative estimate of drug-likeness (QED) is 0.648. The second-order valence-electron chi connectivity index (χ2n) is 5.32. The Balaban J connectivity index is 1.58. The molecule has 0 saturated carbocycles. The summed E-state index contributed by atoms with van der Waals surface area (Å²) in [4.78, 5) is 29.4. The van der Waals surface area contributed by atoms with Gasteiger partial charge < -0.3 is 5.32 Å². The zero-order valence-corrected chi connectivity index (χ0v) is 14.7. The van der Waals surface area contributed by atoms with Crippen molar-refractivity contribution in [2.24, 2.45) is 7.05 Å². The van der Waals surface area contributed by atoms with Crippen LogP contribution in [-0.4, -0.2) is 27.0 Å². The van der Waals surface area contributed by atoms with E-state index in [1.807, 2.05) is 0 Å². The van der Waals surface area contributed by atoms with Crippen LogP contribution in [-0.2, 0) is 24.8 Å². The molecule has 1 aromatic carbocycles. The first-order valence-corrected chi connectivity index (χ1v) is 9.38. The highest BCUT2D eigenvalue weighted by Gasteiger charge is 2.20. The highest BCUT2D eigenvalue weighted by atomic mass is 32.2. The Hall–Kier alpha value is -1.80. The molecule has 0 atom stereocenters. The van der Waals surface area contributed by atoms with Crippen LogP contribution in [0.15, 0.2) is 39.1 Å². The summed E-state index contributed by atoms with van der Waals surface area (Å²) in [7, 11) is 1.67. The molecule has 1 aromatic heterocycles. The highest BCUT2D eigenvalue weighted by Crippen LogP contribution is 2.28. The monoisotopic (exact) mass is 365 g/mol. The van der Waals surface area contributed by atoms with Crippen molar-refractivity contribution in [3.8, 4) is 0 Å². The second kappa shape index (κ2) is 7.40. The molecular formula is C16H16FN3O2S2. The molecule has 3 rings (SSSR count). The lowest BCUT2D eigenvalue weighted by Crippen LogP contribution is -2.26. The summed E-state index contributed by atoms with van der Waals surface area (Å²) >= 11 is 2.78. The van der Waals surface area contributed by atoms with Crippen LogP contribution in [0.25, 0.3) is 0 Å². The van der Waals surface area contributed by atoms with Crippen molar-refractivity contribution in [2.75, 3.05) is 11.5 Å². The average molecular weight is 365 g/mol. The number of thioether (sulfide) groups is 2. The Morgan fingerprint density at radius 2 is 2.17 bits per heavy atom. The molecule has 1 N–H and O–H groups in total. The van der Waals surface area contributed by atoms with Gasteiger partial charge in [0.15, 0.2) is 5.16 Å². The van der Waals surface area contributed by atoms with Gasteiger partial charge in [-0.1, -0.05) is 23.9 Å². The van der Waals surface area contributed by atoms with E-state index >= 15 is 0 Å². The maximum atomic E-state index is 12.8. The molecule has 0 fully saturated rings. The van der Waals surface area contributed by atoms with Crippen molar-refractivity contribution >= 4 is 29.4 Å². The van der Waals surface area contributed by atoms with Gasteiger partial charge >= 0.3 is 0 Å². The first kappa shape index (κ1) is 17.0. The van der Waals surface area contributed by atoms with Gasteiger partial charge in [0.25, 0.3) is 5.56 Å². The Morgan fingerprint density at radius 3 is 2.92 bits per heavy atom. The Kier molecular flexibility index (Phi) is 5.25. The number of nitrogens with zero attached hydrogens (tertiary/aromatic N) is 2. The van der Waals surface area contributed by atoms with Crippen molar-refractivity contribution in [1.29, 1.82) is 0 Å². The van der Waals surface area contributed by atoms with Crippen molar-refractivity contribution in [1.82, 2.24) is 14.9 Å². The fourth-order valence-electron chi connectivity index (χ4n) is 2.28. The number of nitrogens with one attached hydrogen (secondary N) is 1. The molecular weight excluding hydrogens is 349 g/mol. The Morgan fingerprint density at radius 1 is 1.42 bits per heavy atom. The largest absolute Gasteiger partial charge is 0.351 e. The number of carbonyl (C=O) groups excluding carboxylic acids is 1. The van der Waals surface area contributed by atoms with Crippen molar-refractivity contribution in [3.63, 3.8) is 0 Å². The Labute approximate surface area is 147 Å². The van der Waals surface area contributed by atoms with Crippen molar-refractivity contribution in [3.05, 3.63) is 51.7 Å². The van der Waals surface area contributed by atoms with Crippen LogP contribution in [0.2, 0.25) is 0 Å². The standard InChI is InChI=1S/C16H16FN3O2S2/c1-20-15(22)14-12(6-7-23-14)19-16(20)24-9-13(21)18-8-10-2-4-11(17)5-3-10/h2-5H,6-9H2,1H3,(H,18,21). The number of carbonyl (C=O) groups is 1. The fourth-order valence-corrected chi connectivity index (χ4v) is 4.17. The minimum atomic E-state index is -0.303. The molecule has 0 spiro atoms. The lowest BCUT2D eigenvalue weighted by molar-refractivity contribution is -0.118. The molecule has 0 aliphatic carbocycles. The van der Waals surface area contributed by atoms with Gasteiger partial charge in [0.05, 0.1) is 16.3 Å². The predicted molar refractivity (Wildman–Crippen MR) is 92.9 cm³/mol. The Bertz CT molecular complexity index is 821. The van der Waals surface area contributed by atoms with E-state index < -0.39 is 0 Å². The van der Waals surface area contributed by atoms with E-state index in [2.05, 4.69) is 10.3 Å². The lowest BCUT2D eigenvalue weighted by atomic mass is 10.2. The third kappa shape index (κ3) is 3.81. The van der Waals surface area contributed by atoms with Crippen LogP contribution in [0.5, 0.6) is 0 Å². The summed E-state index contributed by atoms with van der Waals surface area (Å²) in [6, 6.07) is 5.98. The minimum absolute atomic E-state index is 0.0447. The van der Waals surface area contributed by atoms with Crippen LogP contribution >= 0.6 is 23.5 Å². The van der Waals surface area contributed by atoms with E-state index in [1.165, 1.54) is 40.2 Å². The molecule has 5 nitrogen and oxygen atoms in total. The lowest BCUT2D eigenvalue weighted by Gasteiger charge is -2.09. The molecule has 1 aliphatic heterocycles. The fraction of sp³-hybridized carbons (Fsp3) is 0.312. The summed E-state index contributed by atoms with van der Waals surface area (Å²) in [5.74, 6) is 0.591. The van der Waals surface area contributed by atoms with Gasteiger partial charge in [-0.15, -0.1) is 11.8 Å². The molecule has 2 heterocycles. The van der Waals surface area contributed by atoms with Crippen LogP contribution < -0.4 is 10.9 Å². The normalized spacial score (nSPS) is 12.9. The van der Waals surface area contributed by atoms with Crippen LogP contribution in [0.1, 0.15) is 11.3 Å². The average Bonchev–Trinajstić information content (AvgIpc) is 3.05. The summed E-state index contributed by atoms with van der Waals surface area (Å²) < 4.78 is 14.3. The molecule has 0 saturated heterocycles. The van der Waals surface area contributed by atoms with Crippen molar-refractivity contribution < 1.29 is 9.18 Å². The van der Waals surface area contributed by atoms with E-state index in [9.17, 15) is 14.0 Å². The zero-order valence-electron chi connectivity index (χ0n) is 13.0. The van der Waals surface area contributed by atoms with Gasteiger partial charge in [0.1, 0.15) is 5.82 Å². The molecule has 1 amide bonds. The van der Waals surface area contributed by atoms with E-state index in [1.54, 1.807) is 19.2 Å². The first-order chi connectivity index (χ1) is 11.5. The minimum Gasteiger partial charge on any atom is -0.351 e. The number of hydrogen-bond acceptors (Lipinski definition) is 5. The van der Waals surface area contributed by atoms with Crippen LogP contribution in [0, 0.1) is 5.82 Å². The van der Waals surface area contributed by atoms with Gasteiger partial charge in [-0.2, -0.15) is 0 Å². The number of hydrogen-bond donors (Lipinski definition) is 1. The van der Waals surface area contributed by atoms with Gasteiger partial charge in [-0.3, -0.25) is 14.2 Å². The van der Waals surface area contributed by atoms with Gasteiger partial charge in [0, 0.05) is 25.8 Å². The topological polar surface area (TPSA) is 64.0 Å². The van der Waals surface area contributed by atoms with Gasteiger partial charge in [-0.05, 0) is 17.7 Å². The summed E-state index contributed by atoms with van der Waals surface area (Å²) in [6.45, 7) is 0.340. The number of halogens is 1. The smallest absolute Gasteiger partial charge is 0.267 e. The number of amides is 1. The molecule has 1 aliphatic rings. The molecule has 0 unspecified atom stereocenters. The number of rotatable bonds is 5. The molecule has 8 heteroatoms. The molecule has 0 bridgehead atoms. The third-order valence-corrected chi connectivity index (χ3v) is 5.74. The summed E-state index contributed by atoms with van der Waals surface area (Å²) in [5.41, 5.74) is 1.61. The molecule has 0 radical (unpaired) electrons. The van der Waals surface area contributed by atoms with E-state index in [0.717, 1.165) is 28.3 Å². The second-order valence-corrected chi connectivity index (χ2v) is 7.37.